The number of rotatable bonds is 10. The second-order valence-corrected chi connectivity index (χ2v) is 5.21. The minimum atomic E-state index is 0.320. The van der Waals surface area contributed by atoms with Gasteiger partial charge in [-0.3, -0.25) is 0 Å². The SMILES string of the molecule is CC(CCCNC1CC1)OCCOc1ccccc1. The fraction of sp³-hybridized carbons (Fsp3) is 0.625. The highest BCUT2D eigenvalue weighted by molar-refractivity contribution is 5.20. The second kappa shape index (κ2) is 8.18. The van der Waals surface area contributed by atoms with Gasteiger partial charge in [0.2, 0.25) is 0 Å². The van der Waals surface area contributed by atoms with E-state index in [-0.39, 0.29) is 0 Å². The minimum Gasteiger partial charge on any atom is -0.491 e. The Morgan fingerprint density at radius 3 is 2.74 bits per heavy atom. The van der Waals surface area contributed by atoms with Gasteiger partial charge in [0.05, 0.1) is 12.7 Å². The maximum absolute atomic E-state index is 5.73. The van der Waals surface area contributed by atoms with Crippen LogP contribution in [0.3, 0.4) is 0 Å². The van der Waals surface area contributed by atoms with Crippen LogP contribution in [-0.2, 0) is 4.74 Å². The van der Waals surface area contributed by atoms with Gasteiger partial charge in [0, 0.05) is 6.04 Å². The van der Waals surface area contributed by atoms with Gasteiger partial charge in [-0.2, -0.15) is 0 Å². The van der Waals surface area contributed by atoms with Crippen molar-refractivity contribution >= 4 is 0 Å². The van der Waals surface area contributed by atoms with Gasteiger partial charge in [-0.05, 0) is 51.3 Å². The van der Waals surface area contributed by atoms with E-state index in [1.54, 1.807) is 0 Å². The lowest BCUT2D eigenvalue weighted by atomic mass is 10.2. The molecule has 1 saturated carbocycles. The summed E-state index contributed by atoms with van der Waals surface area (Å²) in [6, 6.07) is 10.7. The van der Waals surface area contributed by atoms with Gasteiger partial charge in [-0.1, -0.05) is 18.2 Å². The minimum absolute atomic E-state index is 0.320. The smallest absolute Gasteiger partial charge is 0.119 e. The summed E-state index contributed by atoms with van der Waals surface area (Å²) in [5.74, 6) is 0.910. The highest BCUT2D eigenvalue weighted by Gasteiger charge is 2.19. The first-order valence-electron chi connectivity index (χ1n) is 7.37. The average molecular weight is 263 g/mol. The van der Waals surface area contributed by atoms with E-state index >= 15 is 0 Å². The fourth-order valence-corrected chi connectivity index (χ4v) is 1.99. The topological polar surface area (TPSA) is 30.5 Å². The molecule has 0 aromatic heterocycles. The molecule has 0 bridgehead atoms. The van der Waals surface area contributed by atoms with Crippen LogP contribution in [0.1, 0.15) is 32.6 Å². The molecule has 3 heteroatoms. The van der Waals surface area contributed by atoms with E-state index in [0.717, 1.165) is 24.8 Å². The number of para-hydroxylation sites is 1. The second-order valence-electron chi connectivity index (χ2n) is 5.21. The maximum Gasteiger partial charge on any atom is 0.119 e. The van der Waals surface area contributed by atoms with Gasteiger partial charge in [0.15, 0.2) is 0 Å². The van der Waals surface area contributed by atoms with Crippen LogP contribution in [0, 0.1) is 0 Å². The number of benzene rings is 1. The zero-order valence-electron chi connectivity index (χ0n) is 11.8. The van der Waals surface area contributed by atoms with Crippen molar-refractivity contribution in [2.24, 2.45) is 0 Å². The molecule has 0 amide bonds. The normalized spacial score (nSPS) is 16.3. The van der Waals surface area contributed by atoms with Crippen LogP contribution in [-0.4, -0.2) is 31.9 Å². The molecule has 19 heavy (non-hydrogen) atoms. The predicted molar refractivity (Wildman–Crippen MR) is 77.6 cm³/mol. The molecule has 0 aliphatic heterocycles. The van der Waals surface area contributed by atoms with Crippen molar-refractivity contribution in [2.75, 3.05) is 19.8 Å². The van der Waals surface area contributed by atoms with Crippen LogP contribution in [0.15, 0.2) is 30.3 Å². The molecule has 1 aliphatic carbocycles. The molecule has 0 saturated heterocycles. The summed E-state index contributed by atoms with van der Waals surface area (Å²) in [7, 11) is 0. The summed E-state index contributed by atoms with van der Waals surface area (Å²) >= 11 is 0. The highest BCUT2D eigenvalue weighted by atomic mass is 16.5. The van der Waals surface area contributed by atoms with Crippen LogP contribution < -0.4 is 10.1 Å². The van der Waals surface area contributed by atoms with E-state index in [1.807, 2.05) is 30.3 Å². The van der Waals surface area contributed by atoms with Crippen molar-refractivity contribution in [3.05, 3.63) is 30.3 Å². The Hall–Kier alpha value is -1.06. The molecular weight excluding hydrogens is 238 g/mol. The molecule has 1 aromatic rings. The van der Waals surface area contributed by atoms with Gasteiger partial charge < -0.3 is 14.8 Å². The molecule has 0 radical (unpaired) electrons. The van der Waals surface area contributed by atoms with Crippen LogP contribution in [0.2, 0.25) is 0 Å². The predicted octanol–water partition coefficient (Wildman–Crippen LogP) is 3.00. The first kappa shape index (κ1) is 14.4. The molecule has 1 atom stereocenters. The first-order chi connectivity index (χ1) is 9.34. The van der Waals surface area contributed by atoms with E-state index in [9.17, 15) is 0 Å². The molecular formula is C16H25NO2. The Balaban J connectivity index is 1.43. The van der Waals surface area contributed by atoms with Crippen LogP contribution in [0.25, 0.3) is 0 Å². The standard InChI is InChI=1S/C16H25NO2/c1-14(6-5-11-17-15-9-10-15)18-12-13-19-16-7-3-2-4-8-16/h2-4,7-8,14-15,17H,5-6,9-13H2,1H3. The summed E-state index contributed by atoms with van der Waals surface area (Å²) in [6.45, 7) is 4.54. The van der Waals surface area contributed by atoms with Gasteiger partial charge >= 0.3 is 0 Å². The van der Waals surface area contributed by atoms with Gasteiger partial charge in [-0.25, -0.2) is 0 Å². The molecule has 1 N–H and O–H groups in total. The van der Waals surface area contributed by atoms with Crippen molar-refractivity contribution in [1.29, 1.82) is 0 Å². The van der Waals surface area contributed by atoms with Crippen LogP contribution in [0.5, 0.6) is 5.75 Å². The van der Waals surface area contributed by atoms with Gasteiger partial charge in [0.25, 0.3) is 0 Å². The third-order valence-electron chi connectivity index (χ3n) is 3.30. The Bertz CT molecular complexity index is 338. The fourth-order valence-electron chi connectivity index (χ4n) is 1.99. The molecule has 1 aromatic carbocycles. The molecule has 0 heterocycles. The van der Waals surface area contributed by atoms with Gasteiger partial charge in [0.1, 0.15) is 12.4 Å². The van der Waals surface area contributed by atoms with E-state index < -0.39 is 0 Å². The Kier molecular flexibility index (Phi) is 6.18. The van der Waals surface area contributed by atoms with E-state index in [0.29, 0.717) is 19.3 Å². The number of ether oxygens (including phenoxy) is 2. The van der Waals surface area contributed by atoms with E-state index in [4.69, 9.17) is 9.47 Å². The van der Waals surface area contributed by atoms with Crippen molar-refractivity contribution in [3.63, 3.8) is 0 Å². The maximum atomic E-state index is 5.73. The number of nitrogens with one attached hydrogen (secondary N) is 1. The quantitative estimate of drug-likeness (QED) is 0.658. The lowest BCUT2D eigenvalue weighted by molar-refractivity contribution is 0.0388. The number of hydrogen-bond acceptors (Lipinski definition) is 3. The Morgan fingerprint density at radius 1 is 1.21 bits per heavy atom. The Labute approximate surface area is 116 Å². The zero-order valence-corrected chi connectivity index (χ0v) is 11.8. The van der Waals surface area contributed by atoms with Gasteiger partial charge in [-0.15, -0.1) is 0 Å². The number of hydrogen-bond donors (Lipinski definition) is 1. The molecule has 1 unspecified atom stereocenters. The van der Waals surface area contributed by atoms with Crippen LogP contribution >= 0.6 is 0 Å². The third kappa shape index (κ3) is 6.60. The summed E-state index contributed by atoms with van der Waals surface area (Å²) in [5, 5.41) is 3.52. The molecule has 1 aliphatic rings. The van der Waals surface area contributed by atoms with Crippen molar-refractivity contribution in [3.8, 4) is 5.75 Å². The lowest BCUT2D eigenvalue weighted by Gasteiger charge is -2.13. The summed E-state index contributed by atoms with van der Waals surface area (Å²) in [5.41, 5.74) is 0. The summed E-state index contributed by atoms with van der Waals surface area (Å²) < 4.78 is 11.3. The summed E-state index contributed by atoms with van der Waals surface area (Å²) in [6.07, 6.45) is 5.36. The zero-order chi connectivity index (χ0) is 13.3. The molecule has 106 valence electrons. The molecule has 2 rings (SSSR count). The third-order valence-corrected chi connectivity index (χ3v) is 3.30. The monoisotopic (exact) mass is 263 g/mol. The lowest BCUT2D eigenvalue weighted by Crippen LogP contribution is -2.20. The highest BCUT2D eigenvalue weighted by Crippen LogP contribution is 2.18. The molecule has 0 spiro atoms. The van der Waals surface area contributed by atoms with E-state index in [2.05, 4.69) is 12.2 Å². The first-order valence-corrected chi connectivity index (χ1v) is 7.37. The molecule has 1 fully saturated rings. The van der Waals surface area contributed by atoms with Crippen LogP contribution in [0.4, 0.5) is 0 Å². The Morgan fingerprint density at radius 2 is 2.00 bits per heavy atom. The van der Waals surface area contributed by atoms with Crippen molar-refractivity contribution in [2.45, 2.75) is 44.8 Å². The summed E-state index contributed by atoms with van der Waals surface area (Å²) in [4.78, 5) is 0. The van der Waals surface area contributed by atoms with Crippen molar-refractivity contribution < 1.29 is 9.47 Å². The van der Waals surface area contributed by atoms with Crippen molar-refractivity contribution in [1.82, 2.24) is 5.32 Å². The molecule has 3 nitrogen and oxygen atoms in total. The van der Waals surface area contributed by atoms with E-state index in [1.165, 1.54) is 19.3 Å². The average Bonchev–Trinajstić information content (AvgIpc) is 3.25. The largest absolute Gasteiger partial charge is 0.491 e.